The summed E-state index contributed by atoms with van der Waals surface area (Å²) >= 11 is 1.31. The number of nitrogens with two attached hydrogens (primary N) is 1. The Bertz CT molecular complexity index is 348. The van der Waals surface area contributed by atoms with Gasteiger partial charge in [-0.2, -0.15) is 0 Å². The first-order chi connectivity index (χ1) is 8.25. The lowest BCUT2D eigenvalue weighted by molar-refractivity contribution is -0.117. The molecule has 2 rings (SSSR count). The molecule has 1 aromatic rings. The molecular weight excluding hydrogens is 236 g/mol. The highest BCUT2D eigenvalue weighted by Crippen LogP contribution is 2.27. The van der Waals surface area contributed by atoms with E-state index < -0.39 is 6.04 Å². The molecule has 3 N–H and O–H groups in total. The highest BCUT2D eigenvalue weighted by molar-refractivity contribution is 7.13. The monoisotopic (exact) mass is 254 g/mol. The third-order valence-corrected chi connectivity index (χ3v) is 3.85. The van der Waals surface area contributed by atoms with Crippen LogP contribution < -0.4 is 11.1 Å². The van der Waals surface area contributed by atoms with Crippen LogP contribution >= 0.6 is 11.3 Å². The van der Waals surface area contributed by atoms with Gasteiger partial charge in [-0.1, -0.05) is 43.4 Å². The maximum atomic E-state index is 11.8. The topological polar surface area (TPSA) is 80.9 Å². The van der Waals surface area contributed by atoms with Crippen LogP contribution in [0.3, 0.4) is 0 Å². The summed E-state index contributed by atoms with van der Waals surface area (Å²) in [6.45, 7) is 0. The van der Waals surface area contributed by atoms with Gasteiger partial charge >= 0.3 is 0 Å². The van der Waals surface area contributed by atoms with Crippen LogP contribution in [0.2, 0.25) is 0 Å². The molecule has 1 aliphatic carbocycles. The number of hydrogen-bond donors (Lipinski definition) is 2. The third-order valence-electron chi connectivity index (χ3n) is 3.24. The first-order valence-corrected chi connectivity index (χ1v) is 6.96. The van der Waals surface area contributed by atoms with Crippen LogP contribution in [0.1, 0.15) is 38.5 Å². The number of carbonyl (C=O) groups is 1. The minimum absolute atomic E-state index is 0.146. The molecule has 0 bridgehead atoms. The fourth-order valence-corrected chi connectivity index (χ4v) is 2.76. The minimum atomic E-state index is -0.429. The van der Waals surface area contributed by atoms with Gasteiger partial charge in [-0.25, -0.2) is 0 Å². The fourth-order valence-electron chi connectivity index (χ4n) is 2.31. The number of carbonyl (C=O) groups excluding carboxylic acids is 1. The zero-order valence-electron chi connectivity index (χ0n) is 9.76. The summed E-state index contributed by atoms with van der Waals surface area (Å²) in [6, 6.07) is -0.429. The molecule has 0 saturated heterocycles. The molecule has 1 atom stereocenters. The van der Waals surface area contributed by atoms with Crippen LogP contribution in [0.25, 0.3) is 0 Å². The fraction of sp³-hybridized carbons (Fsp3) is 0.727. The van der Waals surface area contributed by atoms with E-state index >= 15 is 0 Å². The number of rotatable bonds is 4. The van der Waals surface area contributed by atoms with Gasteiger partial charge in [0.05, 0.1) is 6.04 Å². The first kappa shape index (κ1) is 12.4. The Morgan fingerprint density at radius 2 is 2.29 bits per heavy atom. The SMILES string of the molecule is NC(CC1CCCCC1)C(=O)Nc1nncs1. The predicted octanol–water partition coefficient (Wildman–Crippen LogP) is 1.77. The number of amides is 1. The molecule has 1 heterocycles. The predicted molar refractivity (Wildman–Crippen MR) is 67.7 cm³/mol. The molecule has 0 spiro atoms. The van der Waals surface area contributed by atoms with E-state index in [1.807, 2.05) is 0 Å². The summed E-state index contributed by atoms with van der Waals surface area (Å²) in [5.41, 5.74) is 7.49. The van der Waals surface area contributed by atoms with Crippen molar-refractivity contribution in [3.8, 4) is 0 Å². The Morgan fingerprint density at radius 3 is 2.94 bits per heavy atom. The molecule has 1 saturated carbocycles. The van der Waals surface area contributed by atoms with Gasteiger partial charge in [-0.05, 0) is 12.3 Å². The Balaban J connectivity index is 1.78. The maximum absolute atomic E-state index is 11.8. The van der Waals surface area contributed by atoms with E-state index in [1.54, 1.807) is 5.51 Å². The first-order valence-electron chi connectivity index (χ1n) is 6.08. The van der Waals surface area contributed by atoms with E-state index in [0.29, 0.717) is 11.0 Å². The number of aromatic nitrogens is 2. The van der Waals surface area contributed by atoms with E-state index in [-0.39, 0.29) is 5.91 Å². The quantitative estimate of drug-likeness (QED) is 0.858. The van der Waals surface area contributed by atoms with Gasteiger partial charge in [0.2, 0.25) is 11.0 Å². The summed E-state index contributed by atoms with van der Waals surface area (Å²) in [5, 5.41) is 10.6. The molecule has 0 radical (unpaired) electrons. The molecule has 5 nitrogen and oxygen atoms in total. The second-order valence-corrected chi connectivity index (χ2v) is 5.41. The van der Waals surface area contributed by atoms with Gasteiger partial charge in [0.15, 0.2) is 0 Å². The van der Waals surface area contributed by atoms with Gasteiger partial charge in [0, 0.05) is 0 Å². The lowest BCUT2D eigenvalue weighted by Gasteiger charge is -2.23. The van der Waals surface area contributed by atoms with E-state index in [4.69, 9.17) is 5.73 Å². The van der Waals surface area contributed by atoms with Crippen molar-refractivity contribution in [1.82, 2.24) is 10.2 Å². The normalized spacial score (nSPS) is 18.9. The van der Waals surface area contributed by atoms with Crippen LogP contribution in [0.4, 0.5) is 5.13 Å². The molecule has 1 aliphatic rings. The van der Waals surface area contributed by atoms with Crippen molar-refractivity contribution >= 4 is 22.4 Å². The lowest BCUT2D eigenvalue weighted by Crippen LogP contribution is -2.37. The molecule has 1 amide bonds. The second-order valence-electron chi connectivity index (χ2n) is 4.58. The van der Waals surface area contributed by atoms with Gasteiger partial charge in [-0.3, -0.25) is 10.1 Å². The molecule has 6 heteroatoms. The molecule has 1 aromatic heterocycles. The Kier molecular flexibility index (Phi) is 4.44. The highest BCUT2D eigenvalue weighted by Gasteiger charge is 2.21. The second kappa shape index (κ2) is 6.07. The van der Waals surface area contributed by atoms with Gasteiger partial charge in [0.1, 0.15) is 5.51 Å². The van der Waals surface area contributed by atoms with Crippen LogP contribution in [-0.4, -0.2) is 22.1 Å². The Labute approximate surface area is 105 Å². The van der Waals surface area contributed by atoms with Gasteiger partial charge in [-0.15, -0.1) is 10.2 Å². The Morgan fingerprint density at radius 1 is 1.53 bits per heavy atom. The summed E-state index contributed by atoms with van der Waals surface area (Å²) in [4.78, 5) is 11.8. The number of hydrogen-bond acceptors (Lipinski definition) is 5. The summed E-state index contributed by atoms with van der Waals surface area (Å²) in [5.74, 6) is 0.464. The largest absolute Gasteiger partial charge is 0.320 e. The molecule has 1 fully saturated rings. The molecule has 17 heavy (non-hydrogen) atoms. The van der Waals surface area contributed by atoms with Crippen molar-refractivity contribution in [3.63, 3.8) is 0 Å². The van der Waals surface area contributed by atoms with E-state index in [0.717, 1.165) is 6.42 Å². The van der Waals surface area contributed by atoms with E-state index in [1.165, 1.54) is 43.4 Å². The number of anilines is 1. The summed E-state index contributed by atoms with van der Waals surface area (Å²) in [6.07, 6.45) is 7.07. The molecule has 0 aromatic carbocycles. The third kappa shape index (κ3) is 3.74. The summed E-state index contributed by atoms with van der Waals surface area (Å²) < 4.78 is 0. The van der Waals surface area contributed by atoms with Crippen LogP contribution in [-0.2, 0) is 4.79 Å². The molecule has 0 aliphatic heterocycles. The van der Waals surface area contributed by atoms with Crippen molar-refractivity contribution < 1.29 is 4.79 Å². The Hall–Kier alpha value is -1.01. The average Bonchev–Trinajstić information content (AvgIpc) is 2.83. The van der Waals surface area contributed by atoms with Crippen molar-refractivity contribution in [1.29, 1.82) is 0 Å². The minimum Gasteiger partial charge on any atom is -0.320 e. The van der Waals surface area contributed by atoms with Crippen LogP contribution in [0, 0.1) is 5.92 Å². The van der Waals surface area contributed by atoms with Crippen LogP contribution in [0.15, 0.2) is 5.51 Å². The smallest absolute Gasteiger partial charge is 0.243 e. The number of nitrogens with one attached hydrogen (secondary N) is 1. The summed E-state index contributed by atoms with van der Waals surface area (Å²) in [7, 11) is 0. The van der Waals surface area contributed by atoms with Crippen molar-refractivity contribution in [2.45, 2.75) is 44.6 Å². The van der Waals surface area contributed by atoms with Crippen molar-refractivity contribution in [3.05, 3.63) is 5.51 Å². The van der Waals surface area contributed by atoms with Crippen LogP contribution in [0.5, 0.6) is 0 Å². The van der Waals surface area contributed by atoms with Gasteiger partial charge in [0.25, 0.3) is 0 Å². The standard InChI is InChI=1S/C11H18N4OS/c12-9(6-8-4-2-1-3-5-8)10(16)14-11-15-13-7-17-11/h7-9H,1-6,12H2,(H,14,15,16). The maximum Gasteiger partial charge on any atom is 0.243 e. The molecule has 94 valence electrons. The van der Waals surface area contributed by atoms with E-state index in [9.17, 15) is 4.79 Å². The highest BCUT2D eigenvalue weighted by atomic mass is 32.1. The molecular formula is C11H18N4OS. The van der Waals surface area contributed by atoms with Gasteiger partial charge < -0.3 is 5.73 Å². The zero-order chi connectivity index (χ0) is 12.1. The zero-order valence-corrected chi connectivity index (χ0v) is 10.6. The van der Waals surface area contributed by atoms with E-state index in [2.05, 4.69) is 15.5 Å². The molecule has 1 unspecified atom stereocenters. The number of nitrogens with zero attached hydrogens (tertiary/aromatic N) is 2. The van der Waals surface area contributed by atoms with Crippen molar-refractivity contribution in [2.24, 2.45) is 11.7 Å². The lowest BCUT2D eigenvalue weighted by atomic mass is 9.85. The van der Waals surface area contributed by atoms with Crippen molar-refractivity contribution in [2.75, 3.05) is 5.32 Å². The average molecular weight is 254 g/mol.